The first-order valence-electron chi connectivity index (χ1n) is 12.1. The molecule has 3 aromatic rings. The first-order chi connectivity index (χ1) is 17.3. The highest BCUT2D eigenvalue weighted by molar-refractivity contribution is 7.89. The summed E-state index contributed by atoms with van der Waals surface area (Å²) in [6, 6.07) is 20.1. The van der Waals surface area contributed by atoms with Crippen LogP contribution >= 0.6 is 0 Å². The Bertz CT molecular complexity index is 1440. The Kier molecular flexibility index (Phi) is 6.52. The van der Waals surface area contributed by atoms with Gasteiger partial charge in [0.2, 0.25) is 10.0 Å². The number of aliphatic hydroxyl groups is 1. The van der Waals surface area contributed by atoms with Crippen molar-refractivity contribution in [3.05, 3.63) is 89.0 Å². The number of hydrogen-bond acceptors (Lipinski definition) is 5. The van der Waals surface area contributed by atoms with Crippen LogP contribution in [0.1, 0.15) is 34.7 Å². The number of nitrogens with zero attached hydrogens (tertiary/aromatic N) is 2. The molecule has 0 spiro atoms. The lowest BCUT2D eigenvalue weighted by Gasteiger charge is -2.44. The first kappa shape index (κ1) is 24.4. The van der Waals surface area contributed by atoms with Crippen LogP contribution in [0.4, 0.5) is 5.69 Å². The molecular formula is C29H30N2O4S. The van der Waals surface area contributed by atoms with E-state index < -0.39 is 10.0 Å². The number of ether oxygens (including phenoxy) is 1. The summed E-state index contributed by atoms with van der Waals surface area (Å²) < 4.78 is 34.6. The molecule has 0 amide bonds. The summed E-state index contributed by atoms with van der Waals surface area (Å²) in [5.74, 6) is 7.19. The quantitative estimate of drug-likeness (QED) is 0.547. The van der Waals surface area contributed by atoms with Gasteiger partial charge in [0.05, 0.1) is 30.7 Å². The molecule has 0 aromatic heterocycles. The lowest BCUT2D eigenvalue weighted by Crippen LogP contribution is -2.48. The fraction of sp³-hybridized carbons (Fsp3) is 0.310. The van der Waals surface area contributed by atoms with Gasteiger partial charge in [-0.1, -0.05) is 30.0 Å². The maximum Gasteiger partial charge on any atom is 0.243 e. The summed E-state index contributed by atoms with van der Waals surface area (Å²) in [4.78, 5) is 2.42. The zero-order valence-electron chi connectivity index (χ0n) is 20.7. The molecule has 1 saturated heterocycles. The number of aryl methyl sites for hydroxylation is 1. The van der Waals surface area contributed by atoms with E-state index in [1.165, 1.54) is 0 Å². The Morgan fingerprint density at radius 2 is 1.72 bits per heavy atom. The monoisotopic (exact) mass is 502 g/mol. The van der Waals surface area contributed by atoms with Gasteiger partial charge in [-0.15, -0.1) is 0 Å². The minimum atomic E-state index is -3.72. The molecule has 6 nitrogen and oxygen atoms in total. The van der Waals surface area contributed by atoms with E-state index in [9.17, 15) is 13.5 Å². The average molecular weight is 503 g/mol. The molecule has 7 heteroatoms. The van der Waals surface area contributed by atoms with Crippen molar-refractivity contribution in [2.45, 2.75) is 30.3 Å². The molecule has 2 heterocycles. The molecule has 0 unspecified atom stereocenters. The number of anilines is 1. The van der Waals surface area contributed by atoms with E-state index in [2.05, 4.69) is 16.7 Å². The van der Waals surface area contributed by atoms with Gasteiger partial charge in [0.25, 0.3) is 0 Å². The predicted molar refractivity (Wildman–Crippen MR) is 141 cm³/mol. The third kappa shape index (κ3) is 4.16. The fourth-order valence-corrected chi connectivity index (χ4v) is 7.44. The molecular weight excluding hydrogens is 472 g/mol. The standard InChI is InChI=1S/C29H30N2O4S/c1-20-6-4-5-7-28(20)36(33,34)31-17-16-24-27(19-32)30(2)26-15-12-22(18-25(26)29(24)31)9-8-21-10-13-23(35-3)14-11-21/h4-7,10-15,18,24,27,29,32H,16-17,19H2,1-3H3/t24-,27-,29-/m0/s1. The minimum absolute atomic E-state index is 0.0175. The van der Waals surface area contributed by atoms with Gasteiger partial charge in [0.1, 0.15) is 5.75 Å². The molecule has 36 heavy (non-hydrogen) atoms. The Morgan fingerprint density at radius 1 is 1.03 bits per heavy atom. The van der Waals surface area contributed by atoms with Gasteiger partial charge >= 0.3 is 0 Å². The topological polar surface area (TPSA) is 70.1 Å². The second kappa shape index (κ2) is 9.62. The molecule has 0 bridgehead atoms. The summed E-state index contributed by atoms with van der Waals surface area (Å²) in [6.45, 7) is 2.21. The van der Waals surface area contributed by atoms with Crippen LogP contribution in [-0.2, 0) is 10.0 Å². The van der Waals surface area contributed by atoms with Crippen LogP contribution in [0.3, 0.4) is 0 Å². The van der Waals surface area contributed by atoms with Crippen molar-refractivity contribution in [2.75, 3.05) is 32.2 Å². The van der Waals surface area contributed by atoms with Crippen molar-refractivity contribution < 1.29 is 18.3 Å². The van der Waals surface area contributed by atoms with Crippen LogP contribution in [0.15, 0.2) is 71.6 Å². The van der Waals surface area contributed by atoms with Crippen LogP contribution in [0.5, 0.6) is 5.75 Å². The van der Waals surface area contributed by atoms with Gasteiger partial charge in [-0.05, 0) is 73.0 Å². The minimum Gasteiger partial charge on any atom is -0.497 e. The molecule has 5 rings (SSSR count). The van der Waals surface area contributed by atoms with E-state index >= 15 is 0 Å². The van der Waals surface area contributed by atoms with Crippen molar-refractivity contribution in [1.82, 2.24) is 4.31 Å². The van der Waals surface area contributed by atoms with Crippen LogP contribution in [0.2, 0.25) is 0 Å². The number of benzene rings is 3. The van der Waals surface area contributed by atoms with Gasteiger partial charge in [0.15, 0.2) is 0 Å². The van der Waals surface area contributed by atoms with Gasteiger partial charge in [-0.2, -0.15) is 4.31 Å². The predicted octanol–water partition coefficient (Wildman–Crippen LogP) is 3.97. The van der Waals surface area contributed by atoms with Gasteiger partial charge in [0, 0.05) is 36.3 Å². The number of fused-ring (bicyclic) bond motifs is 3. The van der Waals surface area contributed by atoms with Crippen molar-refractivity contribution >= 4 is 15.7 Å². The van der Waals surface area contributed by atoms with Crippen LogP contribution < -0.4 is 9.64 Å². The van der Waals surface area contributed by atoms with Gasteiger partial charge in [-0.3, -0.25) is 0 Å². The molecule has 186 valence electrons. The molecule has 0 aliphatic carbocycles. The van der Waals surface area contributed by atoms with Gasteiger partial charge in [-0.25, -0.2) is 8.42 Å². The SMILES string of the molecule is COc1ccc(C#Cc2ccc3c(c2)[C@@H]2[C@@H](CCN2S(=O)(=O)c2ccccc2C)[C@H](CO)N3C)cc1. The van der Waals surface area contributed by atoms with E-state index in [1.807, 2.05) is 68.6 Å². The van der Waals surface area contributed by atoms with E-state index in [-0.39, 0.29) is 24.6 Å². The summed E-state index contributed by atoms with van der Waals surface area (Å²) in [5.41, 5.74) is 4.28. The van der Waals surface area contributed by atoms with Crippen LogP contribution in [0, 0.1) is 24.7 Å². The summed E-state index contributed by atoms with van der Waals surface area (Å²) in [5, 5.41) is 10.2. The molecule has 0 radical (unpaired) electrons. The fourth-order valence-electron chi connectivity index (χ4n) is 5.55. The normalized spacial score (nSPS) is 21.3. The molecule has 1 fully saturated rings. The molecule has 2 aliphatic heterocycles. The highest BCUT2D eigenvalue weighted by atomic mass is 32.2. The third-order valence-corrected chi connectivity index (χ3v) is 9.47. The Hall–Kier alpha value is -3.31. The second-order valence-corrected chi connectivity index (χ2v) is 11.3. The Labute approximate surface area is 213 Å². The highest BCUT2D eigenvalue weighted by Crippen LogP contribution is 2.50. The lowest BCUT2D eigenvalue weighted by atomic mass is 9.82. The van der Waals surface area contributed by atoms with E-state index in [1.54, 1.807) is 23.5 Å². The molecule has 1 N–H and O–H groups in total. The number of hydrogen-bond donors (Lipinski definition) is 1. The zero-order chi connectivity index (χ0) is 25.4. The second-order valence-electron chi connectivity index (χ2n) is 9.39. The van der Waals surface area contributed by atoms with E-state index in [4.69, 9.17) is 4.74 Å². The van der Waals surface area contributed by atoms with Crippen molar-refractivity contribution in [3.63, 3.8) is 0 Å². The van der Waals surface area contributed by atoms with Crippen molar-refractivity contribution in [1.29, 1.82) is 0 Å². The smallest absolute Gasteiger partial charge is 0.243 e. The van der Waals surface area contributed by atoms with Crippen LogP contribution in [-0.4, -0.2) is 51.2 Å². The van der Waals surface area contributed by atoms with Crippen molar-refractivity contribution in [2.24, 2.45) is 5.92 Å². The molecule has 0 saturated carbocycles. The van der Waals surface area contributed by atoms with Gasteiger partial charge < -0.3 is 14.7 Å². The number of methoxy groups -OCH3 is 1. The summed E-state index contributed by atoms with van der Waals surface area (Å²) in [7, 11) is -0.122. The lowest BCUT2D eigenvalue weighted by molar-refractivity contribution is 0.193. The maximum absolute atomic E-state index is 13.9. The number of likely N-dealkylation sites (N-methyl/N-ethyl adjacent to an activating group) is 1. The summed E-state index contributed by atoms with van der Waals surface area (Å²) >= 11 is 0. The highest BCUT2D eigenvalue weighted by Gasteiger charge is 2.50. The van der Waals surface area contributed by atoms with Crippen LogP contribution in [0.25, 0.3) is 0 Å². The molecule has 2 aliphatic rings. The van der Waals surface area contributed by atoms with E-state index in [0.29, 0.717) is 17.9 Å². The van der Waals surface area contributed by atoms with E-state index in [0.717, 1.165) is 33.7 Å². The number of sulfonamides is 1. The molecule has 3 aromatic carbocycles. The number of rotatable bonds is 4. The Morgan fingerprint density at radius 3 is 2.42 bits per heavy atom. The number of aliphatic hydroxyl groups excluding tert-OH is 1. The summed E-state index contributed by atoms with van der Waals surface area (Å²) in [6.07, 6.45) is 0.687. The Balaban J connectivity index is 1.57. The third-order valence-electron chi connectivity index (χ3n) is 7.42. The van der Waals surface area contributed by atoms with Crippen molar-refractivity contribution in [3.8, 4) is 17.6 Å². The average Bonchev–Trinajstić information content (AvgIpc) is 3.34. The first-order valence-corrected chi connectivity index (χ1v) is 13.5. The zero-order valence-corrected chi connectivity index (χ0v) is 21.5. The maximum atomic E-state index is 13.9. The molecule has 3 atom stereocenters. The largest absolute Gasteiger partial charge is 0.497 e.